The van der Waals surface area contributed by atoms with Crippen LogP contribution in [0.15, 0.2) is 36.4 Å². The van der Waals surface area contributed by atoms with E-state index in [0.29, 0.717) is 12.1 Å². The Balaban J connectivity index is 0.00000132. The zero-order valence-corrected chi connectivity index (χ0v) is 14.8. The average molecular weight is 354 g/mol. The highest BCUT2D eigenvalue weighted by atomic mass is 35.5. The summed E-state index contributed by atoms with van der Waals surface area (Å²) in [6, 6.07) is 11.8. The lowest BCUT2D eigenvalue weighted by Gasteiger charge is -2.23. The summed E-state index contributed by atoms with van der Waals surface area (Å²) in [6.45, 7) is 6.08. The van der Waals surface area contributed by atoms with Crippen LogP contribution in [0.2, 0.25) is 0 Å². The molecule has 2 heterocycles. The van der Waals surface area contributed by atoms with Gasteiger partial charge in [0.05, 0.1) is 11.3 Å². The summed E-state index contributed by atoms with van der Waals surface area (Å²) in [5.74, 6) is 0.0242. The summed E-state index contributed by atoms with van der Waals surface area (Å²) in [4.78, 5) is 19.2. The SMILES string of the molecule is Cc1ccc(C(=O)N2CCNCc3ccccc32)c(C)n1.Cl.Cl. The van der Waals surface area contributed by atoms with Gasteiger partial charge in [0.15, 0.2) is 0 Å². The third-order valence-electron chi connectivity index (χ3n) is 3.81. The molecule has 0 bridgehead atoms. The smallest absolute Gasteiger partial charge is 0.260 e. The molecule has 0 radical (unpaired) electrons. The van der Waals surface area contributed by atoms with Gasteiger partial charge in [0.1, 0.15) is 0 Å². The molecule has 0 fully saturated rings. The first-order valence-corrected chi connectivity index (χ1v) is 7.21. The second kappa shape index (κ2) is 8.29. The van der Waals surface area contributed by atoms with Gasteiger partial charge in [-0.25, -0.2) is 0 Å². The van der Waals surface area contributed by atoms with E-state index in [1.807, 2.05) is 49.1 Å². The van der Waals surface area contributed by atoms with Crippen molar-refractivity contribution in [2.45, 2.75) is 20.4 Å². The van der Waals surface area contributed by atoms with Gasteiger partial charge in [-0.2, -0.15) is 0 Å². The Morgan fingerprint density at radius 1 is 1.13 bits per heavy atom. The lowest BCUT2D eigenvalue weighted by atomic mass is 10.1. The van der Waals surface area contributed by atoms with Crippen molar-refractivity contribution in [3.8, 4) is 0 Å². The summed E-state index contributed by atoms with van der Waals surface area (Å²) in [7, 11) is 0. The van der Waals surface area contributed by atoms with Crippen LogP contribution >= 0.6 is 24.8 Å². The number of hydrogen-bond acceptors (Lipinski definition) is 3. The van der Waals surface area contributed by atoms with E-state index in [-0.39, 0.29) is 30.7 Å². The van der Waals surface area contributed by atoms with Crippen molar-refractivity contribution in [1.82, 2.24) is 10.3 Å². The maximum absolute atomic E-state index is 12.9. The number of pyridine rings is 1. The first-order valence-electron chi connectivity index (χ1n) is 7.21. The molecule has 3 rings (SSSR count). The van der Waals surface area contributed by atoms with Gasteiger partial charge in [0.25, 0.3) is 5.91 Å². The number of amides is 1. The number of nitrogens with one attached hydrogen (secondary N) is 1. The standard InChI is InChI=1S/C17H19N3O.2ClH/c1-12-7-8-15(13(2)19-12)17(21)20-10-9-18-11-14-5-3-4-6-16(14)20;;/h3-8,18H,9-11H2,1-2H3;2*1H. The fourth-order valence-corrected chi connectivity index (χ4v) is 2.73. The molecule has 0 saturated heterocycles. The number of aromatic nitrogens is 1. The third-order valence-corrected chi connectivity index (χ3v) is 3.81. The van der Waals surface area contributed by atoms with E-state index in [1.54, 1.807) is 0 Å². The Bertz CT molecular complexity index is 691. The minimum Gasteiger partial charge on any atom is -0.311 e. The topological polar surface area (TPSA) is 45.2 Å². The van der Waals surface area contributed by atoms with Crippen LogP contribution in [-0.4, -0.2) is 24.0 Å². The summed E-state index contributed by atoms with van der Waals surface area (Å²) in [6.07, 6.45) is 0. The predicted octanol–water partition coefficient (Wildman–Crippen LogP) is 3.29. The van der Waals surface area contributed by atoms with E-state index in [2.05, 4.69) is 16.4 Å². The van der Waals surface area contributed by atoms with Gasteiger partial charge in [-0.15, -0.1) is 24.8 Å². The lowest BCUT2D eigenvalue weighted by molar-refractivity contribution is 0.0986. The Kier molecular flexibility index (Phi) is 7.01. The summed E-state index contributed by atoms with van der Waals surface area (Å²) in [5.41, 5.74) is 4.54. The van der Waals surface area contributed by atoms with Crippen LogP contribution < -0.4 is 10.2 Å². The Morgan fingerprint density at radius 2 is 1.87 bits per heavy atom. The molecule has 0 atom stereocenters. The number of benzene rings is 1. The molecular formula is C17H21Cl2N3O. The largest absolute Gasteiger partial charge is 0.311 e. The van der Waals surface area contributed by atoms with E-state index in [9.17, 15) is 4.79 Å². The second-order valence-electron chi connectivity index (χ2n) is 5.35. The summed E-state index contributed by atoms with van der Waals surface area (Å²) < 4.78 is 0. The minimum atomic E-state index is 0. The van der Waals surface area contributed by atoms with E-state index < -0.39 is 0 Å². The van der Waals surface area contributed by atoms with Crippen molar-refractivity contribution < 1.29 is 4.79 Å². The monoisotopic (exact) mass is 353 g/mol. The zero-order valence-electron chi connectivity index (χ0n) is 13.2. The number of aryl methyl sites for hydroxylation is 2. The van der Waals surface area contributed by atoms with Crippen LogP contribution in [-0.2, 0) is 6.54 Å². The van der Waals surface area contributed by atoms with Crippen molar-refractivity contribution in [3.05, 3.63) is 58.9 Å². The van der Waals surface area contributed by atoms with Crippen LogP contribution in [0.1, 0.15) is 27.3 Å². The molecule has 1 aliphatic heterocycles. The van der Waals surface area contributed by atoms with E-state index in [4.69, 9.17) is 0 Å². The van der Waals surface area contributed by atoms with Gasteiger partial charge in [0.2, 0.25) is 0 Å². The van der Waals surface area contributed by atoms with Crippen LogP contribution in [0.5, 0.6) is 0 Å². The normalized spacial score (nSPS) is 13.2. The number of fused-ring (bicyclic) bond motifs is 1. The van der Waals surface area contributed by atoms with Crippen molar-refractivity contribution in [3.63, 3.8) is 0 Å². The lowest BCUT2D eigenvalue weighted by Crippen LogP contribution is -2.35. The fourth-order valence-electron chi connectivity index (χ4n) is 2.73. The Morgan fingerprint density at radius 3 is 2.61 bits per heavy atom. The van der Waals surface area contributed by atoms with Gasteiger partial charge in [0, 0.05) is 31.0 Å². The first-order chi connectivity index (χ1) is 10.2. The molecule has 1 aromatic carbocycles. The van der Waals surface area contributed by atoms with Crippen molar-refractivity contribution >= 4 is 36.4 Å². The average Bonchev–Trinajstić information content (AvgIpc) is 2.69. The van der Waals surface area contributed by atoms with Gasteiger partial charge >= 0.3 is 0 Å². The van der Waals surface area contributed by atoms with Crippen LogP contribution in [0.4, 0.5) is 5.69 Å². The van der Waals surface area contributed by atoms with Crippen molar-refractivity contribution in [2.75, 3.05) is 18.0 Å². The molecule has 0 aliphatic carbocycles. The quantitative estimate of drug-likeness (QED) is 0.855. The van der Waals surface area contributed by atoms with Crippen LogP contribution in [0, 0.1) is 13.8 Å². The van der Waals surface area contributed by atoms with E-state index in [1.165, 1.54) is 0 Å². The molecule has 23 heavy (non-hydrogen) atoms. The highest BCUT2D eigenvalue weighted by Gasteiger charge is 2.23. The van der Waals surface area contributed by atoms with Crippen molar-refractivity contribution in [2.24, 2.45) is 0 Å². The van der Waals surface area contributed by atoms with Crippen LogP contribution in [0.25, 0.3) is 0 Å². The Labute approximate surface area is 149 Å². The molecule has 0 saturated carbocycles. The molecule has 1 amide bonds. The number of carbonyl (C=O) groups is 1. The molecule has 4 nitrogen and oxygen atoms in total. The van der Waals surface area contributed by atoms with Gasteiger partial charge in [-0.3, -0.25) is 9.78 Å². The number of rotatable bonds is 1. The molecule has 6 heteroatoms. The maximum Gasteiger partial charge on any atom is 0.260 e. The number of carbonyl (C=O) groups excluding carboxylic acids is 1. The molecular weight excluding hydrogens is 333 g/mol. The summed E-state index contributed by atoms with van der Waals surface area (Å²) >= 11 is 0. The Hall–Kier alpha value is -1.62. The fraction of sp³-hybridized carbons (Fsp3) is 0.294. The molecule has 0 spiro atoms. The van der Waals surface area contributed by atoms with Gasteiger partial charge in [-0.05, 0) is 37.6 Å². The highest BCUT2D eigenvalue weighted by Crippen LogP contribution is 2.24. The van der Waals surface area contributed by atoms with Gasteiger partial charge in [-0.1, -0.05) is 18.2 Å². The molecule has 1 aliphatic rings. The molecule has 2 aromatic rings. The first kappa shape index (κ1) is 19.4. The number of anilines is 1. The molecule has 0 unspecified atom stereocenters. The molecule has 1 aromatic heterocycles. The van der Waals surface area contributed by atoms with Gasteiger partial charge < -0.3 is 10.2 Å². The third kappa shape index (κ3) is 4.02. The second-order valence-corrected chi connectivity index (χ2v) is 5.35. The maximum atomic E-state index is 12.9. The van der Waals surface area contributed by atoms with E-state index >= 15 is 0 Å². The molecule has 1 N–H and O–H groups in total. The van der Waals surface area contributed by atoms with E-state index in [0.717, 1.165) is 35.7 Å². The summed E-state index contributed by atoms with van der Waals surface area (Å²) in [5, 5.41) is 3.35. The predicted molar refractivity (Wildman–Crippen MR) is 98.0 cm³/mol. The number of hydrogen-bond donors (Lipinski definition) is 1. The number of halogens is 2. The van der Waals surface area contributed by atoms with Crippen LogP contribution in [0.3, 0.4) is 0 Å². The zero-order chi connectivity index (χ0) is 14.8. The number of para-hydroxylation sites is 1. The minimum absolute atomic E-state index is 0. The number of nitrogens with zero attached hydrogens (tertiary/aromatic N) is 2. The van der Waals surface area contributed by atoms with Crippen molar-refractivity contribution in [1.29, 1.82) is 0 Å². The molecule has 124 valence electrons. The highest BCUT2D eigenvalue weighted by molar-refractivity contribution is 6.07.